The molecule has 1 saturated heterocycles. The van der Waals surface area contributed by atoms with Crippen molar-refractivity contribution in [3.8, 4) is 0 Å². The number of aryl methyl sites for hydroxylation is 1. The van der Waals surface area contributed by atoms with Crippen LogP contribution >= 0.6 is 0 Å². The van der Waals surface area contributed by atoms with E-state index in [1.807, 2.05) is 36.3 Å². The van der Waals surface area contributed by atoms with Crippen LogP contribution in [0.3, 0.4) is 0 Å². The van der Waals surface area contributed by atoms with E-state index in [9.17, 15) is 4.79 Å². The molecule has 6 nitrogen and oxygen atoms in total. The van der Waals surface area contributed by atoms with Gasteiger partial charge in [-0.15, -0.1) is 0 Å². The lowest BCUT2D eigenvalue weighted by Crippen LogP contribution is -2.48. The summed E-state index contributed by atoms with van der Waals surface area (Å²) >= 11 is 0. The van der Waals surface area contributed by atoms with Crippen LogP contribution in [0.4, 0.5) is 0 Å². The van der Waals surface area contributed by atoms with Gasteiger partial charge in [-0.1, -0.05) is 19.9 Å². The summed E-state index contributed by atoms with van der Waals surface area (Å²) in [5.41, 5.74) is 2.64. The Morgan fingerprint density at radius 3 is 2.91 bits per heavy atom. The maximum atomic E-state index is 13.0. The van der Waals surface area contributed by atoms with Gasteiger partial charge in [-0.05, 0) is 23.6 Å². The van der Waals surface area contributed by atoms with Gasteiger partial charge in [0, 0.05) is 44.8 Å². The van der Waals surface area contributed by atoms with Gasteiger partial charge in [-0.25, -0.2) is 0 Å². The molecule has 0 spiro atoms. The predicted octanol–water partition coefficient (Wildman–Crippen LogP) is 1.73. The summed E-state index contributed by atoms with van der Waals surface area (Å²) in [6.45, 7) is 6.42. The molecule has 1 N–H and O–H groups in total. The SMILES string of the molecule is CC(C)c1cc(C(=O)N2CCNCC2c2cccnc2)nn1C. The van der Waals surface area contributed by atoms with Crippen molar-refractivity contribution < 1.29 is 4.79 Å². The fourth-order valence-corrected chi connectivity index (χ4v) is 3.09. The fourth-order valence-electron chi connectivity index (χ4n) is 3.09. The number of pyridine rings is 1. The van der Waals surface area contributed by atoms with Gasteiger partial charge in [0.2, 0.25) is 0 Å². The molecule has 3 rings (SSSR count). The van der Waals surface area contributed by atoms with E-state index in [-0.39, 0.29) is 11.9 Å². The Hall–Kier alpha value is -2.21. The molecule has 3 heterocycles. The normalized spacial score (nSPS) is 18.4. The zero-order valence-electron chi connectivity index (χ0n) is 13.9. The number of nitrogens with zero attached hydrogens (tertiary/aromatic N) is 4. The number of hydrogen-bond donors (Lipinski definition) is 1. The first-order chi connectivity index (χ1) is 11.1. The third-order valence-corrected chi connectivity index (χ3v) is 4.30. The molecule has 23 heavy (non-hydrogen) atoms. The van der Waals surface area contributed by atoms with E-state index in [0.29, 0.717) is 18.2 Å². The number of piperazine rings is 1. The molecule has 122 valence electrons. The van der Waals surface area contributed by atoms with E-state index in [0.717, 1.165) is 24.3 Å². The van der Waals surface area contributed by atoms with Gasteiger partial charge in [-0.3, -0.25) is 14.5 Å². The lowest BCUT2D eigenvalue weighted by Gasteiger charge is -2.36. The monoisotopic (exact) mass is 313 g/mol. The molecule has 0 saturated carbocycles. The molecular weight excluding hydrogens is 290 g/mol. The molecule has 2 aromatic heterocycles. The van der Waals surface area contributed by atoms with Gasteiger partial charge >= 0.3 is 0 Å². The second-order valence-corrected chi connectivity index (χ2v) is 6.24. The van der Waals surface area contributed by atoms with Crippen LogP contribution in [0, 0.1) is 0 Å². The van der Waals surface area contributed by atoms with Gasteiger partial charge in [0.05, 0.1) is 6.04 Å². The van der Waals surface area contributed by atoms with Crippen LogP contribution in [0.2, 0.25) is 0 Å². The Balaban J connectivity index is 1.88. The third kappa shape index (κ3) is 3.12. The number of amides is 1. The second-order valence-electron chi connectivity index (χ2n) is 6.24. The van der Waals surface area contributed by atoms with Crippen molar-refractivity contribution in [3.05, 3.63) is 47.5 Å². The van der Waals surface area contributed by atoms with E-state index in [1.165, 1.54) is 0 Å². The minimum atomic E-state index is -0.0112. The maximum absolute atomic E-state index is 13.0. The molecule has 0 bridgehead atoms. The number of carbonyl (C=O) groups is 1. The summed E-state index contributed by atoms with van der Waals surface area (Å²) in [4.78, 5) is 19.1. The van der Waals surface area contributed by atoms with Crippen LogP contribution in [-0.2, 0) is 7.05 Å². The minimum absolute atomic E-state index is 0.00513. The summed E-state index contributed by atoms with van der Waals surface area (Å²) in [5.74, 6) is 0.328. The minimum Gasteiger partial charge on any atom is -0.328 e. The van der Waals surface area contributed by atoms with Gasteiger partial charge in [-0.2, -0.15) is 5.10 Å². The highest BCUT2D eigenvalue weighted by atomic mass is 16.2. The van der Waals surface area contributed by atoms with E-state index in [2.05, 4.69) is 29.2 Å². The van der Waals surface area contributed by atoms with Crippen molar-refractivity contribution >= 4 is 5.91 Å². The van der Waals surface area contributed by atoms with E-state index in [4.69, 9.17) is 0 Å². The van der Waals surface area contributed by atoms with E-state index in [1.54, 1.807) is 10.9 Å². The molecular formula is C17H23N5O. The first kappa shape index (κ1) is 15.7. The largest absolute Gasteiger partial charge is 0.328 e. The van der Waals surface area contributed by atoms with Crippen LogP contribution < -0.4 is 5.32 Å². The average molecular weight is 313 g/mol. The van der Waals surface area contributed by atoms with E-state index < -0.39 is 0 Å². The maximum Gasteiger partial charge on any atom is 0.274 e. The van der Waals surface area contributed by atoms with Crippen molar-refractivity contribution in [3.63, 3.8) is 0 Å². The summed E-state index contributed by atoms with van der Waals surface area (Å²) in [5, 5.41) is 7.78. The molecule has 1 unspecified atom stereocenters. The van der Waals surface area contributed by atoms with Gasteiger partial charge in [0.25, 0.3) is 5.91 Å². The zero-order valence-corrected chi connectivity index (χ0v) is 13.9. The Labute approximate surface area is 136 Å². The van der Waals surface area contributed by atoms with Crippen molar-refractivity contribution in [1.82, 2.24) is 25.0 Å². The number of hydrogen-bond acceptors (Lipinski definition) is 4. The topological polar surface area (TPSA) is 63.1 Å². The van der Waals surface area contributed by atoms with E-state index >= 15 is 0 Å². The summed E-state index contributed by atoms with van der Waals surface area (Å²) < 4.78 is 1.80. The predicted molar refractivity (Wildman–Crippen MR) is 88.2 cm³/mol. The molecule has 0 aromatic carbocycles. The molecule has 1 atom stereocenters. The average Bonchev–Trinajstić information content (AvgIpc) is 2.97. The van der Waals surface area contributed by atoms with Crippen LogP contribution in [0.1, 0.15) is 47.6 Å². The fraction of sp³-hybridized carbons (Fsp3) is 0.471. The number of nitrogens with one attached hydrogen (secondary N) is 1. The first-order valence-electron chi connectivity index (χ1n) is 8.03. The molecule has 0 radical (unpaired) electrons. The van der Waals surface area contributed by atoms with Crippen molar-refractivity contribution in [1.29, 1.82) is 0 Å². The molecule has 1 aliphatic heterocycles. The summed E-state index contributed by atoms with van der Waals surface area (Å²) in [6, 6.07) is 5.83. The van der Waals surface area contributed by atoms with Crippen molar-refractivity contribution in [2.45, 2.75) is 25.8 Å². The lowest BCUT2D eigenvalue weighted by atomic mass is 10.0. The Morgan fingerprint density at radius 1 is 1.43 bits per heavy atom. The third-order valence-electron chi connectivity index (χ3n) is 4.30. The highest BCUT2D eigenvalue weighted by molar-refractivity contribution is 5.92. The van der Waals surface area contributed by atoms with Crippen LogP contribution in [-0.4, -0.2) is 45.2 Å². The zero-order chi connectivity index (χ0) is 16.4. The summed E-state index contributed by atoms with van der Waals surface area (Å²) in [6.07, 6.45) is 3.58. The highest BCUT2D eigenvalue weighted by Crippen LogP contribution is 2.24. The van der Waals surface area contributed by atoms with Gasteiger partial charge < -0.3 is 10.2 Å². The van der Waals surface area contributed by atoms with Crippen LogP contribution in [0.15, 0.2) is 30.6 Å². The number of aromatic nitrogens is 3. The smallest absolute Gasteiger partial charge is 0.274 e. The van der Waals surface area contributed by atoms with Gasteiger partial charge in [0.15, 0.2) is 5.69 Å². The Bertz CT molecular complexity index is 680. The standard InChI is InChI=1S/C17H23N5O/c1-12(2)15-9-14(20-21(15)3)17(23)22-8-7-19-11-16(22)13-5-4-6-18-10-13/h4-6,9-10,12,16,19H,7-8,11H2,1-3H3. The number of rotatable bonds is 3. The highest BCUT2D eigenvalue weighted by Gasteiger charge is 2.30. The Kier molecular flexibility index (Phi) is 4.43. The van der Waals surface area contributed by atoms with Gasteiger partial charge in [0.1, 0.15) is 0 Å². The Morgan fingerprint density at radius 2 is 2.26 bits per heavy atom. The van der Waals surface area contributed by atoms with Crippen LogP contribution in [0.5, 0.6) is 0 Å². The second kappa shape index (κ2) is 6.50. The molecule has 6 heteroatoms. The summed E-state index contributed by atoms with van der Waals surface area (Å²) in [7, 11) is 1.89. The lowest BCUT2D eigenvalue weighted by molar-refractivity contribution is 0.0627. The van der Waals surface area contributed by atoms with Crippen LogP contribution in [0.25, 0.3) is 0 Å². The molecule has 1 amide bonds. The number of carbonyl (C=O) groups excluding carboxylic acids is 1. The van der Waals surface area contributed by atoms with Crippen molar-refractivity contribution in [2.75, 3.05) is 19.6 Å². The molecule has 0 aliphatic carbocycles. The molecule has 1 aliphatic rings. The molecule has 1 fully saturated rings. The molecule has 2 aromatic rings. The quantitative estimate of drug-likeness (QED) is 0.937. The first-order valence-corrected chi connectivity index (χ1v) is 8.03. The van der Waals surface area contributed by atoms with Crippen molar-refractivity contribution in [2.24, 2.45) is 7.05 Å².